The van der Waals surface area contributed by atoms with Crippen molar-refractivity contribution in [1.29, 1.82) is 10.5 Å². The van der Waals surface area contributed by atoms with Crippen molar-refractivity contribution >= 4 is 11.8 Å². The number of carbonyl (C=O) groups excluding carboxylic acids is 1. The lowest BCUT2D eigenvalue weighted by molar-refractivity contribution is 0.0529. The Morgan fingerprint density at radius 2 is 1.87 bits per heavy atom. The minimum Gasteiger partial charge on any atom is -0.462 e. The van der Waals surface area contributed by atoms with E-state index >= 15 is 0 Å². The van der Waals surface area contributed by atoms with Gasteiger partial charge < -0.3 is 19.8 Å². The van der Waals surface area contributed by atoms with Crippen molar-refractivity contribution in [3.05, 3.63) is 29.2 Å². The first-order chi connectivity index (χ1) is 10.8. The number of amides is 1. The second-order valence-electron chi connectivity index (χ2n) is 5.76. The maximum absolute atomic E-state index is 11.5. The van der Waals surface area contributed by atoms with Crippen LogP contribution in [0.15, 0.2) is 22.3 Å². The Labute approximate surface area is 135 Å². The highest BCUT2D eigenvalue weighted by Gasteiger charge is 2.17. The van der Waals surface area contributed by atoms with E-state index in [0.717, 1.165) is 5.56 Å². The maximum atomic E-state index is 11.5. The summed E-state index contributed by atoms with van der Waals surface area (Å²) in [5.41, 5.74) is 0.460. The van der Waals surface area contributed by atoms with E-state index in [1.165, 1.54) is 6.26 Å². The van der Waals surface area contributed by atoms with Crippen molar-refractivity contribution in [2.24, 2.45) is 0 Å². The van der Waals surface area contributed by atoms with Crippen molar-refractivity contribution in [2.45, 2.75) is 33.3 Å². The molecule has 0 spiro atoms. The number of allylic oxidation sites excluding steroid dienone is 1. The minimum absolute atomic E-state index is 0.0830. The Kier molecular flexibility index (Phi) is 6.23. The second-order valence-corrected chi connectivity index (χ2v) is 5.76. The molecule has 0 saturated carbocycles. The van der Waals surface area contributed by atoms with E-state index in [1.54, 1.807) is 26.8 Å². The average Bonchev–Trinajstić information content (AvgIpc) is 2.86. The third-order valence-electron chi connectivity index (χ3n) is 2.66. The van der Waals surface area contributed by atoms with Crippen LogP contribution < -0.4 is 10.6 Å². The van der Waals surface area contributed by atoms with Crippen LogP contribution in [-0.4, -0.2) is 24.8 Å². The third kappa shape index (κ3) is 5.76. The van der Waals surface area contributed by atoms with Crippen LogP contribution in [0, 0.1) is 29.6 Å². The topological polar surface area (TPSA) is 111 Å². The van der Waals surface area contributed by atoms with Gasteiger partial charge in [0.05, 0.1) is 6.26 Å². The Bertz CT molecular complexity index is 653. The molecule has 1 aromatic heterocycles. The Hall–Kier alpha value is -2.93. The standard InChI is InChI=1S/C16H20N4O3/c1-11-5-8-22-14(11)13(12(9-17)10-18)19-6-7-20-15(21)23-16(2,3)4/h5,8,19H,6-7H2,1-4H3,(H,20,21). The predicted octanol–water partition coefficient (Wildman–Crippen LogP) is 2.46. The number of furan rings is 1. The molecule has 0 fully saturated rings. The van der Waals surface area contributed by atoms with Gasteiger partial charge in [-0.05, 0) is 39.3 Å². The van der Waals surface area contributed by atoms with Gasteiger partial charge in [-0.15, -0.1) is 0 Å². The van der Waals surface area contributed by atoms with E-state index in [9.17, 15) is 4.79 Å². The molecule has 0 aromatic carbocycles. The average molecular weight is 316 g/mol. The summed E-state index contributed by atoms with van der Waals surface area (Å²) in [6.07, 6.45) is 0.956. The van der Waals surface area contributed by atoms with Crippen molar-refractivity contribution in [2.75, 3.05) is 13.1 Å². The van der Waals surface area contributed by atoms with Gasteiger partial charge in [0.15, 0.2) is 11.3 Å². The molecule has 0 unspecified atom stereocenters. The van der Waals surface area contributed by atoms with Gasteiger partial charge in [0.2, 0.25) is 0 Å². The molecule has 1 heterocycles. The SMILES string of the molecule is Cc1ccoc1C(NCCNC(=O)OC(C)(C)C)=C(C#N)C#N. The van der Waals surface area contributed by atoms with Crippen molar-refractivity contribution in [3.63, 3.8) is 0 Å². The maximum Gasteiger partial charge on any atom is 0.407 e. The van der Waals surface area contributed by atoms with Gasteiger partial charge in [0.25, 0.3) is 0 Å². The smallest absolute Gasteiger partial charge is 0.407 e. The number of carbonyl (C=O) groups is 1. The number of aryl methyl sites for hydroxylation is 1. The molecule has 0 aliphatic carbocycles. The van der Waals surface area contributed by atoms with Gasteiger partial charge in [0.1, 0.15) is 23.4 Å². The number of nitrogens with zero attached hydrogens (tertiary/aromatic N) is 2. The molecule has 2 N–H and O–H groups in total. The molecule has 7 nitrogen and oxygen atoms in total. The third-order valence-corrected chi connectivity index (χ3v) is 2.66. The van der Waals surface area contributed by atoms with Crippen LogP contribution in [0.5, 0.6) is 0 Å². The molecule has 7 heteroatoms. The van der Waals surface area contributed by atoms with E-state index < -0.39 is 11.7 Å². The number of nitriles is 2. The quantitative estimate of drug-likeness (QED) is 0.637. The van der Waals surface area contributed by atoms with Crippen LogP contribution in [-0.2, 0) is 4.74 Å². The monoisotopic (exact) mass is 316 g/mol. The molecule has 0 radical (unpaired) electrons. The highest BCUT2D eigenvalue weighted by molar-refractivity contribution is 5.72. The zero-order valence-corrected chi connectivity index (χ0v) is 13.7. The summed E-state index contributed by atoms with van der Waals surface area (Å²) in [6, 6.07) is 5.40. The van der Waals surface area contributed by atoms with Gasteiger partial charge in [0, 0.05) is 13.1 Å². The van der Waals surface area contributed by atoms with Crippen molar-refractivity contribution in [3.8, 4) is 12.1 Å². The first-order valence-electron chi connectivity index (χ1n) is 7.08. The zero-order chi connectivity index (χ0) is 17.5. The first-order valence-corrected chi connectivity index (χ1v) is 7.08. The van der Waals surface area contributed by atoms with Crippen molar-refractivity contribution in [1.82, 2.24) is 10.6 Å². The molecule has 0 aliphatic rings. The minimum atomic E-state index is -0.567. The van der Waals surface area contributed by atoms with Crippen LogP contribution in [0.25, 0.3) is 5.70 Å². The highest BCUT2D eigenvalue weighted by Crippen LogP contribution is 2.20. The van der Waals surface area contributed by atoms with Crippen LogP contribution in [0.2, 0.25) is 0 Å². The predicted molar refractivity (Wildman–Crippen MR) is 83.8 cm³/mol. The summed E-state index contributed by atoms with van der Waals surface area (Å²) in [7, 11) is 0. The lowest BCUT2D eigenvalue weighted by Crippen LogP contribution is -2.36. The summed E-state index contributed by atoms with van der Waals surface area (Å²) < 4.78 is 10.4. The fourth-order valence-corrected chi connectivity index (χ4v) is 1.71. The number of hydrogen-bond donors (Lipinski definition) is 2. The molecule has 0 atom stereocenters. The number of rotatable bonds is 5. The van der Waals surface area contributed by atoms with Gasteiger partial charge in [-0.2, -0.15) is 10.5 Å². The zero-order valence-electron chi connectivity index (χ0n) is 13.7. The molecule has 0 bridgehead atoms. The van der Waals surface area contributed by atoms with Gasteiger partial charge >= 0.3 is 6.09 Å². The fraction of sp³-hybridized carbons (Fsp3) is 0.438. The van der Waals surface area contributed by atoms with E-state index in [2.05, 4.69) is 10.6 Å². The number of nitrogens with one attached hydrogen (secondary N) is 2. The molecule has 0 aliphatic heterocycles. The lowest BCUT2D eigenvalue weighted by atomic mass is 10.1. The Morgan fingerprint density at radius 1 is 1.26 bits per heavy atom. The molecular formula is C16H20N4O3. The summed E-state index contributed by atoms with van der Waals surface area (Å²) >= 11 is 0. The molecule has 1 amide bonds. The molecule has 0 saturated heterocycles. The molecule has 1 rings (SSSR count). The van der Waals surface area contributed by atoms with Crippen LogP contribution >= 0.6 is 0 Å². The van der Waals surface area contributed by atoms with Gasteiger partial charge in [-0.25, -0.2) is 4.79 Å². The van der Waals surface area contributed by atoms with Crippen molar-refractivity contribution < 1.29 is 13.9 Å². The number of ether oxygens (including phenoxy) is 1. The van der Waals surface area contributed by atoms with Gasteiger partial charge in [-0.3, -0.25) is 0 Å². The number of alkyl carbamates (subject to hydrolysis) is 1. The largest absolute Gasteiger partial charge is 0.462 e. The summed E-state index contributed by atoms with van der Waals surface area (Å²) in [4.78, 5) is 11.5. The fourth-order valence-electron chi connectivity index (χ4n) is 1.71. The van der Waals surface area contributed by atoms with E-state index in [1.807, 2.05) is 19.1 Å². The molecule has 23 heavy (non-hydrogen) atoms. The summed E-state index contributed by atoms with van der Waals surface area (Å²) in [5, 5.41) is 23.7. The summed E-state index contributed by atoms with van der Waals surface area (Å²) in [6.45, 7) is 7.71. The summed E-state index contributed by atoms with van der Waals surface area (Å²) in [5.74, 6) is 0.431. The molecule has 1 aromatic rings. The Balaban J connectivity index is 2.67. The van der Waals surface area contributed by atoms with E-state index in [0.29, 0.717) is 18.0 Å². The molecule has 122 valence electrons. The lowest BCUT2D eigenvalue weighted by Gasteiger charge is -2.19. The van der Waals surface area contributed by atoms with E-state index in [-0.39, 0.29) is 12.1 Å². The Morgan fingerprint density at radius 3 is 2.35 bits per heavy atom. The second kappa shape index (κ2) is 7.90. The first kappa shape index (κ1) is 18.1. The van der Waals surface area contributed by atoms with Crippen LogP contribution in [0.3, 0.4) is 0 Å². The van der Waals surface area contributed by atoms with Crippen LogP contribution in [0.4, 0.5) is 4.79 Å². The highest BCUT2D eigenvalue weighted by atomic mass is 16.6. The van der Waals surface area contributed by atoms with Crippen LogP contribution in [0.1, 0.15) is 32.1 Å². The number of hydrogen-bond acceptors (Lipinski definition) is 6. The van der Waals surface area contributed by atoms with E-state index in [4.69, 9.17) is 19.7 Å². The normalized spacial score (nSPS) is 10.2. The molecular weight excluding hydrogens is 296 g/mol. The van der Waals surface area contributed by atoms with Gasteiger partial charge in [-0.1, -0.05) is 0 Å².